The van der Waals surface area contributed by atoms with E-state index in [-0.39, 0.29) is 11.9 Å². The normalized spacial score (nSPS) is 16.5. The highest BCUT2D eigenvalue weighted by Gasteiger charge is 2.35. The second-order valence-electron chi connectivity index (χ2n) is 7.39. The van der Waals surface area contributed by atoms with E-state index in [2.05, 4.69) is 38.1 Å². The molecule has 1 saturated heterocycles. The highest BCUT2D eigenvalue weighted by Crippen LogP contribution is 2.36. The number of carbonyl (C=O) groups is 1. The monoisotopic (exact) mass is 433 g/mol. The van der Waals surface area contributed by atoms with Crippen LogP contribution in [0.15, 0.2) is 65.7 Å². The summed E-state index contributed by atoms with van der Waals surface area (Å²) in [6, 6.07) is 18.3. The van der Waals surface area contributed by atoms with Crippen LogP contribution < -0.4 is 0 Å². The lowest BCUT2D eigenvalue weighted by Crippen LogP contribution is -2.36. The van der Waals surface area contributed by atoms with Gasteiger partial charge in [-0.15, -0.1) is 0 Å². The Balaban J connectivity index is 1.79. The van der Waals surface area contributed by atoms with E-state index in [1.54, 1.807) is 4.90 Å². The molecule has 1 atom stereocenters. The summed E-state index contributed by atoms with van der Waals surface area (Å²) in [7, 11) is 0. The SMILES string of the molecule is CC[C@@H](C)N1C(=O)/C(=C/c2cn(-c3ccccc3)nc2-c2ccc(C)cc2)SC1=S. The van der Waals surface area contributed by atoms with Gasteiger partial charge in [0.15, 0.2) is 0 Å². The van der Waals surface area contributed by atoms with Crippen molar-refractivity contribution < 1.29 is 4.79 Å². The number of rotatable bonds is 5. The third-order valence-electron chi connectivity index (χ3n) is 5.23. The van der Waals surface area contributed by atoms with Crippen molar-refractivity contribution in [1.29, 1.82) is 0 Å². The van der Waals surface area contributed by atoms with Gasteiger partial charge in [0.25, 0.3) is 5.91 Å². The van der Waals surface area contributed by atoms with Gasteiger partial charge in [0.1, 0.15) is 4.32 Å². The molecule has 152 valence electrons. The highest BCUT2D eigenvalue weighted by molar-refractivity contribution is 8.26. The number of amides is 1. The molecule has 1 aromatic heterocycles. The Hall–Kier alpha value is -2.70. The lowest BCUT2D eigenvalue weighted by molar-refractivity contribution is -0.123. The van der Waals surface area contributed by atoms with Gasteiger partial charge in [-0.2, -0.15) is 5.10 Å². The first-order valence-corrected chi connectivity index (χ1v) is 11.2. The number of thioether (sulfide) groups is 1. The topological polar surface area (TPSA) is 38.1 Å². The molecule has 1 aliphatic heterocycles. The van der Waals surface area contributed by atoms with Crippen LogP contribution in [0.2, 0.25) is 0 Å². The van der Waals surface area contributed by atoms with Crippen molar-refractivity contribution in [1.82, 2.24) is 14.7 Å². The van der Waals surface area contributed by atoms with E-state index in [1.807, 2.05) is 54.2 Å². The second kappa shape index (κ2) is 8.58. The summed E-state index contributed by atoms with van der Waals surface area (Å²) in [4.78, 5) is 15.4. The van der Waals surface area contributed by atoms with Crippen molar-refractivity contribution in [3.05, 3.63) is 76.8 Å². The van der Waals surface area contributed by atoms with E-state index in [0.29, 0.717) is 9.23 Å². The summed E-state index contributed by atoms with van der Waals surface area (Å²) in [5.41, 5.74) is 4.91. The zero-order valence-electron chi connectivity index (χ0n) is 17.2. The molecule has 0 spiro atoms. The maximum atomic E-state index is 13.0. The molecule has 0 saturated carbocycles. The van der Waals surface area contributed by atoms with E-state index in [4.69, 9.17) is 17.3 Å². The molecule has 0 unspecified atom stereocenters. The Morgan fingerprint density at radius 3 is 2.50 bits per heavy atom. The van der Waals surface area contributed by atoms with Crippen LogP contribution in [0, 0.1) is 6.92 Å². The quantitative estimate of drug-likeness (QED) is 0.374. The van der Waals surface area contributed by atoms with Crippen LogP contribution in [0.25, 0.3) is 23.0 Å². The molecule has 4 rings (SSSR count). The van der Waals surface area contributed by atoms with E-state index in [0.717, 1.165) is 28.9 Å². The molecule has 30 heavy (non-hydrogen) atoms. The lowest BCUT2D eigenvalue weighted by Gasteiger charge is -2.21. The number of aryl methyl sites for hydroxylation is 1. The zero-order valence-corrected chi connectivity index (χ0v) is 18.8. The van der Waals surface area contributed by atoms with E-state index < -0.39 is 0 Å². The van der Waals surface area contributed by atoms with E-state index >= 15 is 0 Å². The van der Waals surface area contributed by atoms with Gasteiger partial charge in [-0.1, -0.05) is 78.9 Å². The minimum atomic E-state index is -0.0262. The van der Waals surface area contributed by atoms with Crippen LogP contribution in [0.4, 0.5) is 0 Å². The predicted molar refractivity (Wildman–Crippen MR) is 129 cm³/mol. The average Bonchev–Trinajstić information content (AvgIpc) is 3.30. The summed E-state index contributed by atoms with van der Waals surface area (Å²) in [5.74, 6) is -0.0262. The van der Waals surface area contributed by atoms with Crippen LogP contribution >= 0.6 is 24.0 Å². The van der Waals surface area contributed by atoms with E-state index in [9.17, 15) is 4.79 Å². The molecule has 0 N–H and O–H groups in total. The predicted octanol–water partition coefficient (Wildman–Crippen LogP) is 5.85. The number of hydrogen-bond acceptors (Lipinski definition) is 4. The first kappa shape index (κ1) is 20.6. The zero-order chi connectivity index (χ0) is 21.3. The molecule has 2 heterocycles. The van der Waals surface area contributed by atoms with E-state index in [1.165, 1.54) is 17.3 Å². The number of benzene rings is 2. The minimum absolute atomic E-state index is 0.0262. The third-order valence-corrected chi connectivity index (χ3v) is 6.56. The van der Waals surface area contributed by atoms with Crippen LogP contribution in [0.1, 0.15) is 31.4 Å². The Morgan fingerprint density at radius 1 is 1.13 bits per heavy atom. The molecule has 0 aliphatic carbocycles. The van der Waals surface area contributed by atoms with Crippen molar-refractivity contribution >= 4 is 40.3 Å². The number of hydrogen-bond donors (Lipinski definition) is 0. The highest BCUT2D eigenvalue weighted by atomic mass is 32.2. The third kappa shape index (κ3) is 3.98. The van der Waals surface area contributed by atoms with Gasteiger partial charge in [0, 0.05) is 23.4 Å². The summed E-state index contributed by atoms with van der Waals surface area (Å²) in [6.07, 6.45) is 4.75. The molecule has 6 heteroatoms. The van der Waals surface area contributed by atoms with Crippen molar-refractivity contribution in [2.45, 2.75) is 33.2 Å². The van der Waals surface area contributed by atoms with Gasteiger partial charge in [0.05, 0.1) is 16.3 Å². The van der Waals surface area contributed by atoms with Gasteiger partial charge < -0.3 is 0 Å². The molecule has 4 nitrogen and oxygen atoms in total. The first-order chi connectivity index (χ1) is 14.5. The van der Waals surface area contributed by atoms with Crippen molar-refractivity contribution in [3.63, 3.8) is 0 Å². The average molecular weight is 434 g/mol. The molecule has 3 aromatic rings. The van der Waals surface area contributed by atoms with Gasteiger partial charge in [0.2, 0.25) is 0 Å². The summed E-state index contributed by atoms with van der Waals surface area (Å²) in [5, 5.41) is 4.84. The number of carbonyl (C=O) groups excluding carboxylic acids is 1. The van der Waals surface area contributed by atoms with Gasteiger partial charge in [-0.3, -0.25) is 9.69 Å². The Labute approximate surface area is 186 Å². The molecule has 0 bridgehead atoms. The standard InChI is InChI=1S/C24H23N3OS2/c1-4-17(3)27-23(28)21(30-24(27)29)14-19-15-26(20-8-6-5-7-9-20)25-22(19)18-12-10-16(2)11-13-18/h5-15,17H,4H2,1-3H3/b21-14-/t17-/m1/s1. The Bertz CT molecular complexity index is 1120. The molecule has 1 amide bonds. The van der Waals surface area contributed by atoms with Crippen LogP contribution in [-0.4, -0.2) is 30.9 Å². The Kier molecular flexibility index (Phi) is 5.88. The number of para-hydroxylation sites is 1. The number of thiocarbonyl (C=S) groups is 1. The van der Waals surface area contributed by atoms with Crippen molar-refractivity contribution in [2.24, 2.45) is 0 Å². The van der Waals surface area contributed by atoms with Crippen molar-refractivity contribution in [2.75, 3.05) is 0 Å². The van der Waals surface area contributed by atoms with Gasteiger partial charge in [-0.05, 0) is 38.5 Å². The fourth-order valence-electron chi connectivity index (χ4n) is 3.33. The molecule has 0 radical (unpaired) electrons. The van der Waals surface area contributed by atoms with Crippen LogP contribution in [0.3, 0.4) is 0 Å². The molecule has 2 aromatic carbocycles. The molecular formula is C24H23N3OS2. The van der Waals surface area contributed by atoms with Gasteiger partial charge >= 0.3 is 0 Å². The fraction of sp³-hybridized carbons (Fsp3) is 0.208. The maximum Gasteiger partial charge on any atom is 0.266 e. The second-order valence-corrected chi connectivity index (χ2v) is 9.06. The van der Waals surface area contributed by atoms with Crippen LogP contribution in [0.5, 0.6) is 0 Å². The van der Waals surface area contributed by atoms with Crippen molar-refractivity contribution in [3.8, 4) is 16.9 Å². The van der Waals surface area contributed by atoms with Gasteiger partial charge in [-0.25, -0.2) is 4.68 Å². The fourth-order valence-corrected chi connectivity index (χ4v) is 4.78. The lowest BCUT2D eigenvalue weighted by atomic mass is 10.1. The Morgan fingerprint density at radius 2 is 1.83 bits per heavy atom. The smallest absolute Gasteiger partial charge is 0.266 e. The molecule has 1 aliphatic rings. The first-order valence-electron chi connectivity index (χ1n) is 9.97. The minimum Gasteiger partial charge on any atom is -0.290 e. The largest absolute Gasteiger partial charge is 0.290 e. The number of aromatic nitrogens is 2. The summed E-state index contributed by atoms with van der Waals surface area (Å²) < 4.78 is 2.48. The molecule has 1 fully saturated rings. The summed E-state index contributed by atoms with van der Waals surface area (Å²) in [6.45, 7) is 6.15. The number of nitrogens with zero attached hydrogens (tertiary/aromatic N) is 3. The van der Waals surface area contributed by atoms with Crippen LogP contribution in [-0.2, 0) is 4.79 Å². The summed E-state index contributed by atoms with van der Waals surface area (Å²) >= 11 is 6.85. The maximum absolute atomic E-state index is 13.0. The molecular weight excluding hydrogens is 410 g/mol.